The smallest absolute Gasteiger partial charge is 0.241 e. The maximum Gasteiger partial charge on any atom is 0.241 e. The first kappa shape index (κ1) is 18.2. The lowest BCUT2D eigenvalue weighted by atomic mass is 9.96. The Bertz CT molecular complexity index is 921. The average Bonchev–Trinajstić information content (AvgIpc) is 3.18. The summed E-state index contributed by atoms with van der Waals surface area (Å²) in [4.78, 5) is 23.0. The quantitative estimate of drug-likeness (QED) is 0.731. The highest BCUT2D eigenvalue weighted by Gasteiger charge is 2.26. The van der Waals surface area contributed by atoms with Gasteiger partial charge in [0.05, 0.1) is 18.4 Å². The van der Waals surface area contributed by atoms with Crippen molar-refractivity contribution < 1.29 is 13.7 Å². The van der Waals surface area contributed by atoms with Crippen molar-refractivity contribution in [3.63, 3.8) is 0 Å². The van der Waals surface area contributed by atoms with E-state index in [4.69, 9.17) is 4.52 Å². The Hall–Kier alpha value is -3.13. The van der Waals surface area contributed by atoms with Crippen LogP contribution in [0, 0.1) is 11.7 Å². The molecule has 3 heterocycles. The average molecular weight is 381 g/mol. The van der Waals surface area contributed by atoms with Gasteiger partial charge in [-0.1, -0.05) is 5.16 Å². The van der Waals surface area contributed by atoms with E-state index in [1.54, 1.807) is 30.6 Å². The van der Waals surface area contributed by atoms with E-state index in [0.29, 0.717) is 29.5 Å². The molecule has 0 bridgehead atoms. The van der Waals surface area contributed by atoms with Crippen molar-refractivity contribution in [3.8, 4) is 11.4 Å². The molecule has 0 atom stereocenters. The summed E-state index contributed by atoms with van der Waals surface area (Å²) in [7, 11) is 0. The van der Waals surface area contributed by atoms with Crippen molar-refractivity contribution in [2.24, 2.45) is 5.92 Å². The topological polar surface area (TPSA) is 84.2 Å². The fourth-order valence-corrected chi connectivity index (χ4v) is 3.26. The standard InChI is InChI=1S/C20H20FN5O2/c21-16-5-3-14(4-6-16)19-24-18(28-25-19)13-26-10-7-15(8-11-26)20(27)23-17-2-1-9-22-12-17/h1-6,9,12,15H,7-8,10-11,13H2,(H,23,27). The molecule has 7 nitrogen and oxygen atoms in total. The van der Waals surface area contributed by atoms with Gasteiger partial charge in [-0.15, -0.1) is 0 Å². The van der Waals surface area contributed by atoms with Crippen molar-refractivity contribution in [3.05, 3.63) is 60.5 Å². The van der Waals surface area contributed by atoms with Gasteiger partial charge in [-0.2, -0.15) is 4.98 Å². The SMILES string of the molecule is O=C(Nc1cccnc1)C1CCN(Cc2nc(-c3ccc(F)cc3)no2)CC1. The van der Waals surface area contributed by atoms with Crippen LogP contribution in [-0.2, 0) is 11.3 Å². The summed E-state index contributed by atoms with van der Waals surface area (Å²) in [6.07, 6.45) is 4.85. The minimum atomic E-state index is -0.303. The van der Waals surface area contributed by atoms with Crippen LogP contribution >= 0.6 is 0 Å². The summed E-state index contributed by atoms with van der Waals surface area (Å²) in [6.45, 7) is 2.09. The summed E-state index contributed by atoms with van der Waals surface area (Å²) in [6, 6.07) is 9.60. The molecular formula is C20H20FN5O2. The molecule has 28 heavy (non-hydrogen) atoms. The van der Waals surface area contributed by atoms with Crippen LogP contribution in [-0.4, -0.2) is 39.0 Å². The van der Waals surface area contributed by atoms with E-state index in [1.165, 1.54) is 12.1 Å². The fourth-order valence-electron chi connectivity index (χ4n) is 3.26. The number of carbonyl (C=O) groups excluding carboxylic acids is 1. The number of nitrogens with one attached hydrogen (secondary N) is 1. The van der Waals surface area contributed by atoms with Crippen LogP contribution in [0.4, 0.5) is 10.1 Å². The Morgan fingerprint density at radius 1 is 1.21 bits per heavy atom. The minimum absolute atomic E-state index is 0.0195. The highest BCUT2D eigenvalue weighted by Crippen LogP contribution is 2.22. The molecule has 2 aromatic heterocycles. The number of piperidine rings is 1. The number of anilines is 1. The van der Waals surface area contributed by atoms with Gasteiger partial charge in [-0.05, 0) is 62.3 Å². The predicted molar refractivity (Wildman–Crippen MR) is 101 cm³/mol. The Kier molecular flexibility index (Phi) is 5.38. The van der Waals surface area contributed by atoms with Crippen molar-refractivity contribution in [2.75, 3.05) is 18.4 Å². The van der Waals surface area contributed by atoms with Crippen molar-refractivity contribution in [1.82, 2.24) is 20.0 Å². The zero-order valence-electron chi connectivity index (χ0n) is 15.2. The molecule has 1 aliphatic rings. The molecule has 1 aromatic carbocycles. The van der Waals surface area contributed by atoms with Crippen LogP contribution in [0.1, 0.15) is 18.7 Å². The van der Waals surface area contributed by atoms with Gasteiger partial charge in [0, 0.05) is 17.7 Å². The summed E-state index contributed by atoms with van der Waals surface area (Å²) in [5.41, 5.74) is 1.43. The Morgan fingerprint density at radius 2 is 2.00 bits per heavy atom. The molecule has 1 aliphatic heterocycles. The monoisotopic (exact) mass is 381 g/mol. The molecule has 0 saturated carbocycles. The zero-order chi connectivity index (χ0) is 19.3. The zero-order valence-corrected chi connectivity index (χ0v) is 15.2. The lowest BCUT2D eigenvalue weighted by Crippen LogP contribution is -2.37. The predicted octanol–water partition coefficient (Wildman–Crippen LogP) is 3.12. The third-order valence-electron chi connectivity index (χ3n) is 4.82. The Labute approximate surface area is 161 Å². The molecule has 0 radical (unpaired) electrons. The second-order valence-electron chi connectivity index (χ2n) is 6.80. The molecule has 1 saturated heterocycles. The lowest BCUT2D eigenvalue weighted by Gasteiger charge is -2.30. The summed E-state index contributed by atoms with van der Waals surface area (Å²) in [5.74, 6) is 0.666. The second-order valence-corrected chi connectivity index (χ2v) is 6.80. The van der Waals surface area contributed by atoms with Gasteiger partial charge < -0.3 is 9.84 Å². The highest BCUT2D eigenvalue weighted by molar-refractivity contribution is 5.92. The van der Waals surface area contributed by atoms with Gasteiger partial charge >= 0.3 is 0 Å². The third-order valence-corrected chi connectivity index (χ3v) is 4.82. The number of aromatic nitrogens is 3. The largest absolute Gasteiger partial charge is 0.338 e. The third kappa shape index (κ3) is 4.40. The Morgan fingerprint density at radius 3 is 2.71 bits per heavy atom. The molecule has 4 rings (SSSR count). The van der Waals surface area contributed by atoms with Crippen LogP contribution in [0.2, 0.25) is 0 Å². The molecule has 0 unspecified atom stereocenters. The van der Waals surface area contributed by atoms with Crippen molar-refractivity contribution in [1.29, 1.82) is 0 Å². The van der Waals surface area contributed by atoms with E-state index in [0.717, 1.165) is 25.9 Å². The normalized spacial score (nSPS) is 15.5. The molecule has 1 fully saturated rings. The minimum Gasteiger partial charge on any atom is -0.338 e. The molecule has 8 heteroatoms. The maximum atomic E-state index is 13.0. The summed E-state index contributed by atoms with van der Waals surface area (Å²) in [5, 5.41) is 6.88. The van der Waals surface area contributed by atoms with Crippen LogP contribution in [0.15, 0.2) is 53.3 Å². The number of likely N-dealkylation sites (tertiary alicyclic amines) is 1. The number of benzene rings is 1. The highest BCUT2D eigenvalue weighted by atomic mass is 19.1. The molecule has 144 valence electrons. The first-order chi connectivity index (χ1) is 13.7. The first-order valence-electron chi connectivity index (χ1n) is 9.19. The van der Waals surface area contributed by atoms with E-state index in [2.05, 4.69) is 25.3 Å². The maximum absolute atomic E-state index is 13.0. The van der Waals surface area contributed by atoms with E-state index >= 15 is 0 Å². The first-order valence-corrected chi connectivity index (χ1v) is 9.19. The van der Waals surface area contributed by atoms with E-state index in [-0.39, 0.29) is 17.6 Å². The van der Waals surface area contributed by atoms with Gasteiger partial charge in [-0.3, -0.25) is 14.7 Å². The number of hydrogen-bond acceptors (Lipinski definition) is 6. The van der Waals surface area contributed by atoms with Crippen LogP contribution in [0.5, 0.6) is 0 Å². The number of hydrogen-bond donors (Lipinski definition) is 1. The number of rotatable bonds is 5. The van der Waals surface area contributed by atoms with Crippen molar-refractivity contribution in [2.45, 2.75) is 19.4 Å². The van der Waals surface area contributed by atoms with E-state index < -0.39 is 0 Å². The van der Waals surface area contributed by atoms with Gasteiger partial charge in [0.25, 0.3) is 0 Å². The van der Waals surface area contributed by atoms with Gasteiger partial charge in [0.1, 0.15) is 5.82 Å². The van der Waals surface area contributed by atoms with Crippen molar-refractivity contribution >= 4 is 11.6 Å². The summed E-state index contributed by atoms with van der Waals surface area (Å²) < 4.78 is 18.3. The fraction of sp³-hybridized carbons (Fsp3) is 0.300. The molecule has 3 aromatic rings. The van der Waals surface area contributed by atoms with Gasteiger partial charge in [0.2, 0.25) is 17.6 Å². The van der Waals surface area contributed by atoms with E-state index in [1.807, 2.05) is 6.07 Å². The van der Waals surface area contributed by atoms with Crippen LogP contribution in [0.3, 0.4) is 0 Å². The molecule has 0 spiro atoms. The Balaban J connectivity index is 1.29. The number of carbonyl (C=O) groups is 1. The summed E-state index contributed by atoms with van der Waals surface area (Å²) >= 11 is 0. The molecule has 1 amide bonds. The second kappa shape index (κ2) is 8.26. The molecule has 1 N–H and O–H groups in total. The number of amides is 1. The molecule has 0 aliphatic carbocycles. The van der Waals surface area contributed by atoms with Gasteiger partial charge in [0.15, 0.2) is 0 Å². The lowest BCUT2D eigenvalue weighted by molar-refractivity contribution is -0.121. The van der Waals surface area contributed by atoms with Gasteiger partial charge in [-0.25, -0.2) is 4.39 Å². The number of halogens is 1. The molecular weight excluding hydrogens is 361 g/mol. The van der Waals surface area contributed by atoms with E-state index in [9.17, 15) is 9.18 Å². The van der Waals surface area contributed by atoms with Crippen LogP contribution in [0.25, 0.3) is 11.4 Å². The number of nitrogens with zero attached hydrogens (tertiary/aromatic N) is 4. The number of pyridine rings is 1. The van der Waals surface area contributed by atoms with Crippen LogP contribution < -0.4 is 5.32 Å².